The van der Waals surface area contributed by atoms with E-state index in [1.807, 2.05) is 13.0 Å². The van der Waals surface area contributed by atoms with Crippen molar-refractivity contribution in [2.75, 3.05) is 6.61 Å². The Morgan fingerprint density at radius 3 is 2.54 bits per heavy atom. The summed E-state index contributed by atoms with van der Waals surface area (Å²) in [6.45, 7) is 5.69. The number of fused-ring (bicyclic) bond motifs is 5. The normalized spacial score (nSPS) is 40.4. The molecule has 0 radical (unpaired) electrons. The fraction of sp³-hybridized carbons (Fsp3) is 0.828. The molecule has 6 heteroatoms. The molecule has 0 heterocycles. The highest BCUT2D eigenvalue weighted by atomic mass is 16.5. The number of unbranched alkanes of at least 4 members (excludes halogenated alkanes) is 4. The summed E-state index contributed by atoms with van der Waals surface area (Å²) in [5.41, 5.74) is -1.38. The molecule has 3 saturated carbocycles. The first-order chi connectivity index (χ1) is 16.6. The van der Waals surface area contributed by atoms with Crippen LogP contribution < -0.4 is 0 Å². The molecule has 0 aromatic rings. The minimum Gasteiger partial charge on any atom is -0.462 e. The fourth-order valence-corrected chi connectivity index (χ4v) is 8.46. The average molecular weight is 489 g/mol. The van der Waals surface area contributed by atoms with Crippen molar-refractivity contribution >= 4 is 17.5 Å². The summed E-state index contributed by atoms with van der Waals surface area (Å²) in [4.78, 5) is 38.1. The topological polar surface area (TPSA) is 101 Å². The molecule has 4 aliphatic rings. The molecule has 0 aromatic heterocycles. The second kappa shape index (κ2) is 10.1. The third-order valence-corrected chi connectivity index (χ3v) is 10.4. The van der Waals surface area contributed by atoms with Gasteiger partial charge in [0.2, 0.25) is 0 Å². The molecule has 0 amide bonds. The number of Topliss-reactive ketones (excluding diaryl/α,β-unsaturated/α-hetero) is 1. The van der Waals surface area contributed by atoms with E-state index >= 15 is 0 Å². The molecular formula is C29H44O6. The van der Waals surface area contributed by atoms with E-state index in [2.05, 4.69) is 13.8 Å². The molecule has 0 aliphatic heterocycles. The van der Waals surface area contributed by atoms with E-state index in [1.165, 1.54) is 12.0 Å². The Kier molecular flexibility index (Phi) is 7.64. The quantitative estimate of drug-likeness (QED) is 0.361. The smallest absolute Gasteiger partial charge is 0.306 e. The summed E-state index contributed by atoms with van der Waals surface area (Å²) in [5, 5.41) is 21.3. The molecule has 196 valence electrons. The number of hydrogen-bond acceptors (Lipinski definition) is 6. The van der Waals surface area contributed by atoms with Crippen LogP contribution in [0, 0.1) is 28.6 Å². The maximum Gasteiger partial charge on any atom is 0.306 e. The molecule has 7 atom stereocenters. The highest BCUT2D eigenvalue weighted by molar-refractivity contribution is 5.92. The SMILES string of the molecule is CCCCCCCC(=O)O[C@H]1C[C@@]2(C)[C@@H](CC[C@]2(O)C(=O)CO)[C@@H]2CCC3=CC(=O)CC[C@]3(C)[C@H]21. The van der Waals surface area contributed by atoms with E-state index in [-0.39, 0.29) is 34.9 Å². The summed E-state index contributed by atoms with van der Waals surface area (Å²) in [5.74, 6) is -0.146. The van der Waals surface area contributed by atoms with E-state index < -0.39 is 29.5 Å². The lowest BCUT2D eigenvalue weighted by Crippen LogP contribution is -2.62. The molecule has 4 aliphatic carbocycles. The maximum absolute atomic E-state index is 13.0. The fourth-order valence-electron chi connectivity index (χ4n) is 8.46. The van der Waals surface area contributed by atoms with Gasteiger partial charge in [0.25, 0.3) is 0 Å². The van der Waals surface area contributed by atoms with Crippen LogP contribution in [0.15, 0.2) is 11.6 Å². The first kappa shape index (κ1) is 26.5. The molecule has 35 heavy (non-hydrogen) atoms. The molecule has 3 fully saturated rings. The van der Waals surface area contributed by atoms with Gasteiger partial charge in [0.15, 0.2) is 11.6 Å². The number of ketones is 2. The number of rotatable bonds is 9. The zero-order chi connectivity index (χ0) is 25.4. The van der Waals surface area contributed by atoms with Gasteiger partial charge in [-0.05, 0) is 68.3 Å². The number of aliphatic hydroxyl groups excluding tert-OH is 1. The van der Waals surface area contributed by atoms with Gasteiger partial charge >= 0.3 is 5.97 Å². The molecule has 6 nitrogen and oxygen atoms in total. The predicted molar refractivity (Wildman–Crippen MR) is 132 cm³/mol. The van der Waals surface area contributed by atoms with Crippen LogP contribution in [0.3, 0.4) is 0 Å². The standard InChI is InChI=1S/C29H44O6/c1-4-5-6-7-8-9-25(33)35-23-17-28(3)22(13-15-29(28,34)24(32)18-30)21-11-10-19-16-20(31)12-14-27(19,2)26(21)23/h16,21-23,26,30,34H,4-15,17-18H2,1-3H3/t21-,22-,23-,26+,27-,28-,29-/m0/s1. The van der Waals surface area contributed by atoms with E-state index in [0.717, 1.165) is 51.4 Å². The van der Waals surface area contributed by atoms with Gasteiger partial charge in [-0.15, -0.1) is 0 Å². The third-order valence-electron chi connectivity index (χ3n) is 10.4. The monoisotopic (exact) mass is 488 g/mol. The van der Waals surface area contributed by atoms with Crippen molar-refractivity contribution in [1.29, 1.82) is 0 Å². The van der Waals surface area contributed by atoms with E-state index in [1.54, 1.807) is 0 Å². The second-order valence-corrected chi connectivity index (χ2v) is 12.2. The van der Waals surface area contributed by atoms with Crippen LogP contribution in [0.1, 0.15) is 104 Å². The van der Waals surface area contributed by atoms with E-state index in [0.29, 0.717) is 25.7 Å². The maximum atomic E-state index is 13.0. The Morgan fingerprint density at radius 2 is 1.83 bits per heavy atom. The Balaban J connectivity index is 1.63. The van der Waals surface area contributed by atoms with Crippen molar-refractivity contribution in [1.82, 2.24) is 0 Å². The summed E-state index contributed by atoms with van der Waals surface area (Å²) in [6, 6.07) is 0. The number of carbonyl (C=O) groups excluding carboxylic acids is 3. The number of hydrogen-bond donors (Lipinski definition) is 2. The molecule has 0 unspecified atom stereocenters. The lowest BCUT2D eigenvalue weighted by Gasteiger charge is -2.61. The van der Waals surface area contributed by atoms with Gasteiger partial charge in [-0.3, -0.25) is 14.4 Å². The second-order valence-electron chi connectivity index (χ2n) is 12.2. The van der Waals surface area contributed by atoms with Crippen LogP contribution in [0.5, 0.6) is 0 Å². The average Bonchev–Trinajstić information content (AvgIpc) is 3.09. The number of aliphatic hydroxyl groups is 2. The lowest BCUT2D eigenvalue weighted by molar-refractivity contribution is -0.196. The summed E-state index contributed by atoms with van der Waals surface area (Å²) < 4.78 is 6.25. The Hall–Kier alpha value is -1.53. The molecule has 0 bridgehead atoms. The first-order valence-electron chi connectivity index (χ1n) is 13.9. The minimum atomic E-state index is -1.60. The molecule has 4 rings (SSSR count). The van der Waals surface area contributed by atoms with Crippen LogP contribution in [0.25, 0.3) is 0 Å². The highest BCUT2D eigenvalue weighted by Crippen LogP contribution is 2.68. The lowest BCUT2D eigenvalue weighted by atomic mass is 9.45. The van der Waals surface area contributed by atoms with Gasteiger partial charge in [0.1, 0.15) is 18.3 Å². The van der Waals surface area contributed by atoms with Crippen molar-refractivity contribution in [3.63, 3.8) is 0 Å². The molecule has 2 N–H and O–H groups in total. The van der Waals surface area contributed by atoms with Gasteiger partial charge in [0, 0.05) is 24.2 Å². The van der Waals surface area contributed by atoms with Gasteiger partial charge in [-0.25, -0.2) is 0 Å². The number of ether oxygens (including phenoxy) is 1. The van der Waals surface area contributed by atoms with E-state index in [4.69, 9.17) is 4.74 Å². The predicted octanol–water partition coefficient (Wildman–Crippen LogP) is 4.69. The number of esters is 1. The summed E-state index contributed by atoms with van der Waals surface area (Å²) >= 11 is 0. The number of allylic oxidation sites excluding steroid dienone is 1. The molecule has 0 aromatic carbocycles. The van der Waals surface area contributed by atoms with Crippen LogP contribution in [-0.2, 0) is 19.1 Å². The first-order valence-corrected chi connectivity index (χ1v) is 13.9. The minimum absolute atomic E-state index is 0.0734. The van der Waals surface area contributed by atoms with Gasteiger partial charge in [-0.2, -0.15) is 0 Å². The Bertz CT molecular complexity index is 878. The van der Waals surface area contributed by atoms with Crippen LogP contribution >= 0.6 is 0 Å². The van der Waals surface area contributed by atoms with Crippen molar-refractivity contribution in [2.24, 2.45) is 28.6 Å². The van der Waals surface area contributed by atoms with Crippen molar-refractivity contribution < 1.29 is 29.3 Å². The zero-order valence-electron chi connectivity index (χ0n) is 21.8. The Morgan fingerprint density at radius 1 is 1.09 bits per heavy atom. The Labute approximate surface area is 209 Å². The van der Waals surface area contributed by atoms with Crippen LogP contribution in [-0.4, -0.2) is 46.1 Å². The highest BCUT2D eigenvalue weighted by Gasteiger charge is 2.69. The van der Waals surface area contributed by atoms with E-state index in [9.17, 15) is 24.6 Å². The summed E-state index contributed by atoms with van der Waals surface area (Å²) in [7, 11) is 0. The molecular weight excluding hydrogens is 444 g/mol. The van der Waals surface area contributed by atoms with Crippen LogP contribution in [0.4, 0.5) is 0 Å². The number of carbonyl (C=O) groups is 3. The van der Waals surface area contributed by atoms with Crippen LogP contribution in [0.2, 0.25) is 0 Å². The molecule has 0 saturated heterocycles. The largest absolute Gasteiger partial charge is 0.462 e. The third kappa shape index (κ3) is 4.43. The van der Waals surface area contributed by atoms with Crippen molar-refractivity contribution in [3.05, 3.63) is 11.6 Å². The van der Waals surface area contributed by atoms with Gasteiger partial charge < -0.3 is 14.9 Å². The van der Waals surface area contributed by atoms with Crippen molar-refractivity contribution in [3.8, 4) is 0 Å². The van der Waals surface area contributed by atoms with Crippen molar-refractivity contribution in [2.45, 2.75) is 116 Å². The van der Waals surface area contributed by atoms with Gasteiger partial charge in [-0.1, -0.05) is 52.0 Å². The van der Waals surface area contributed by atoms with Gasteiger partial charge in [0.05, 0.1) is 0 Å². The zero-order valence-corrected chi connectivity index (χ0v) is 21.8. The molecule has 0 spiro atoms. The summed E-state index contributed by atoms with van der Waals surface area (Å²) in [6.07, 6.45) is 11.5.